The summed E-state index contributed by atoms with van der Waals surface area (Å²) in [6, 6.07) is 7.52. The van der Waals surface area contributed by atoms with Crippen LogP contribution in [0.3, 0.4) is 0 Å². The van der Waals surface area contributed by atoms with Crippen molar-refractivity contribution in [3.63, 3.8) is 0 Å². The molecule has 1 heterocycles. The van der Waals surface area contributed by atoms with Gasteiger partial charge in [0.25, 0.3) is 0 Å². The molecule has 0 N–H and O–H groups in total. The topological polar surface area (TPSA) is 72.3 Å². The van der Waals surface area contributed by atoms with Gasteiger partial charge in [0.1, 0.15) is 0 Å². The monoisotopic (exact) mass is 405 g/mol. The lowest BCUT2D eigenvalue weighted by atomic mass is 10.2. The van der Waals surface area contributed by atoms with Gasteiger partial charge in [0.05, 0.1) is 24.2 Å². The number of nitrogens with zero attached hydrogens (tertiary/aromatic N) is 3. The average Bonchev–Trinajstić information content (AvgIpc) is 2.94. The van der Waals surface area contributed by atoms with Gasteiger partial charge in [0.2, 0.25) is 20.9 Å². The Hall–Kier alpha value is -2.15. The predicted octanol–water partition coefficient (Wildman–Crippen LogP) is 3.58. The van der Waals surface area contributed by atoms with E-state index in [4.69, 9.17) is 0 Å². The van der Waals surface area contributed by atoms with Gasteiger partial charge in [-0.2, -0.15) is 0 Å². The molecule has 0 bridgehead atoms. The van der Waals surface area contributed by atoms with Crippen LogP contribution in [0.1, 0.15) is 51.4 Å². The van der Waals surface area contributed by atoms with Crippen LogP contribution in [0.5, 0.6) is 0 Å². The minimum Gasteiger partial charge on any atom is -0.335 e. The van der Waals surface area contributed by atoms with E-state index in [9.17, 15) is 13.2 Å². The first-order chi connectivity index (χ1) is 13.0. The fraction of sp³-hybridized carbons (Fsp3) is 0.524. The van der Waals surface area contributed by atoms with E-state index >= 15 is 0 Å². The molecule has 2 aromatic rings. The van der Waals surface area contributed by atoms with Crippen molar-refractivity contribution in [1.82, 2.24) is 14.5 Å². The molecule has 0 aliphatic rings. The Morgan fingerprint density at radius 3 is 2.43 bits per heavy atom. The third-order valence-corrected chi connectivity index (χ3v) is 6.12. The van der Waals surface area contributed by atoms with Gasteiger partial charge in [0.15, 0.2) is 0 Å². The fourth-order valence-electron chi connectivity index (χ4n) is 3.24. The molecule has 0 fully saturated rings. The Kier molecular flexibility index (Phi) is 7.04. The van der Waals surface area contributed by atoms with Gasteiger partial charge in [-0.3, -0.25) is 4.79 Å². The van der Waals surface area contributed by atoms with Gasteiger partial charge in [-0.15, -0.1) is 0 Å². The van der Waals surface area contributed by atoms with E-state index in [0.717, 1.165) is 16.8 Å². The molecular weight excluding hydrogens is 374 g/mol. The number of aromatic nitrogens is 2. The number of imidazole rings is 1. The number of carbonyl (C=O) groups excluding carboxylic acids is 1. The summed E-state index contributed by atoms with van der Waals surface area (Å²) in [4.78, 5) is 18.0. The summed E-state index contributed by atoms with van der Waals surface area (Å²) in [5.74, 6) is 0.103. The number of amides is 1. The van der Waals surface area contributed by atoms with Gasteiger partial charge in [-0.25, -0.2) is 13.4 Å². The highest BCUT2D eigenvalue weighted by molar-refractivity contribution is 7.90. The smallest absolute Gasteiger partial charge is 0.228 e. The molecule has 2 rings (SSSR count). The molecule has 0 atom stereocenters. The number of hydrogen-bond donors (Lipinski definition) is 0. The first-order valence-electron chi connectivity index (χ1n) is 9.61. The number of hydrogen-bond acceptors (Lipinski definition) is 4. The quantitative estimate of drug-likeness (QED) is 0.673. The van der Waals surface area contributed by atoms with E-state index in [2.05, 4.69) is 4.98 Å². The van der Waals surface area contributed by atoms with E-state index in [-0.39, 0.29) is 28.8 Å². The molecular formula is C21H31N3O3S. The van der Waals surface area contributed by atoms with E-state index in [1.54, 1.807) is 15.7 Å². The van der Waals surface area contributed by atoms with Crippen molar-refractivity contribution < 1.29 is 13.2 Å². The lowest BCUT2D eigenvalue weighted by Crippen LogP contribution is -2.35. The van der Waals surface area contributed by atoms with Crippen LogP contribution < -0.4 is 0 Å². The second-order valence-corrected chi connectivity index (χ2v) is 9.91. The maximum Gasteiger partial charge on any atom is 0.228 e. The number of carbonyl (C=O) groups is 1. The number of benzene rings is 1. The zero-order valence-corrected chi connectivity index (χ0v) is 18.5. The van der Waals surface area contributed by atoms with Crippen LogP contribution in [0.25, 0.3) is 0 Å². The summed E-state index contributed by atoms with van der Waals surface area (Å²) < 4.78 is 28.0. The van der Waals surface area contributed by atoms with Crippen molar-refractivity contribution in [3.05, 3.63) is 47.3 Å². The lowest BCUT2D eigenvalue weighted by Gasteiger charge is -2.26. The van der Waals surface area contributed by atoms with Crippen molar-refractivity contribution in [2.24, 2.45) is 5.92 Å². The van der Waals surface area contributed by atoms with Crippen LogP contribution in [0, 0.1) is 12.8 Å². The SMILES string of the molecule is CC(=O)N(Cc1cnc(S(=O)(=O)Cc2cccc(C)c2)n1CC(C)C)C(C)C. The second kappa shape index (κ2) is 8.90. The van der Waals surface area contributed by atoms with Crippen molar-refractivity contribution >= 4 is 15.7 Å². The second-order valence-electron chi connectivity index (χ2n) is 8.03. The third kappa shape index (κ3) is 5.44. The Bertz CT molecular complexity index is 930. The van der Waals surface area contributed by atoms with E-state index in [1.165, 1.54) is 6.92 Å². The maximum atomic E-state index is 13.1. The summed E-state index contributed by atoms with van der Waals surface area (Å²) in [7, 11) is -3.61. The molecule has 0 spiro atoms. The Morgan fingerprint density at radius 1 is 1.21 bits per heavy atom. The van der Waals surface area contributed by atoms with Gasteiger partial charge >= 0.3 is 0 Å². The molecule has 0 saturated carbocycles. The number of rotatable bonds is 8. The maximum absolute atomic E-state index is 13.1. The van der Waals surface area contributed by atoms with Gasteiger partial charge in [0, 0.05) is 19.5 Å². The Balaban J connectivity index is 2.43. The third-order valence-electron chi connectivity index (χ3n) is 4.53. The zero-order chi connectivity index (χ0) is 21.1. The standard InChI is InChI=1S/C21H31N3O3S/c1-15(2)12-24-20(13-23(16(3)4)18(6)25)11-22-21(24)28(26,27)14-19-9-7-8-17(5)10-19/h7-11,15-16H,12-14H2,1-6H3. The van der Waals surface area contributed by atoms with Gasteiger partial charge in [-0.1, -0.05) is 43.7 Å². The van der Waals surface area contributed by atoms with E-state index < -0.39 is 9.84 Å². The molecule has 7 heteroatoms. The molecule has 0 saturated heterocycles. The minimum atomic E-state index is -3.61. The molecule has 6 nitrogen and oxygen atoms in total. The van der Waals surface area contributed by atoms with Gasteiger partial charge < -0.3 is 9.47 Å². The molecule has 154 valence electrons. The Morgan fingerprint density at radius 2 is 1.89 bits per heavy atom. The van der Waals surface area contributed by atoms with Crippen LogP contribution in [0.4, 0.5) is 0 Å². The van der Waals surface area contributed by atoms with Crippen molar-refractivity contribution in [3.8, 4) is 0 Å². The van der Waals surface area contributed by atoms with Crippen LogP contribution in [-0.4, -0.2) is 34.8 Å². The minimum absolute atomic E-state index is 0.0206. The van der Waals surface area contributed by atoms with Crippen molar-refractivity contribution in [2.45, 2.75) is 71.6 Å². The molecule has 1 aromatic heterocycles. The van der Waals surface area contributed by atoms with Crippen LogP contribution in [0.15, 0.2) is 35.6 Å². The van der Waals surface area contributed by atoms with E-state index in [1.807, 2.05) is 58.9 Å². The summed E-state index contributed by atoms with van der Waals surface area (Å²) in [6.45, 7) is 12.3. The normalized spacial score (nSPS) is 12.0. The summed E-state index contributed by atoms with van der Waals surface area (Å²) >= 11 is 0. The molecule has 1 aromatic carbocycles. The zero-order valence-electron chi connectivity index (χ0n) is 17.6. The summed E-state index contributed by atoms with van der Waals surface area (Å²) in [6.07, 6.45) is 1.59. The summed E-state index contributed by atoms with van der Waals surface area (Å²) in [5, 5.41) is 0.0740. The molecule has 0 radical (unpaired) electrons. The molecule has 0 aliphatic heterocycles. The number of aryl methyl sites for hydroxylation is 1. The first kappa shape index (κ1) is 22.1. The number of sulfone groups is 1. The lowest BCUT2D eigenvalue weighted by molar-refractivity contribution is -0.131. The highest BCUT2D eigenvalue weighted by Gasteiger charge is 2.26. The molecule has 0 unspecified atom stereocenters. The Labute approximate surface area is 168 Å². The fourth-order valence-corrected chi connectivity index (χ4v) is 4.73. The van der Waals surface area contributed by atoms with Gasteiger partial charge in [-0.05, 0) is 32.3 Å². The average molecular weight is 406 g/mol. The largest absolute Gasteiger partial charge is 0.335 e. The van der Waals surface area contributed by atoms with Crippen LogP contribution in [0.2, 0.25) is 0 Å². The van der Waals surface area contributed by atoms with Crippen molar-refractivity contribution in [2.75, 3.05) is 0 Å². The molecule has 0 aliphatic carbocycles. The summed E-state index contributed by atoms with van der Waals surface area (Å²) in [5.41, 5.74) is 2.50. The first-order valence-corrected chi connectivity index (χ1v) is 11.3. The van der Waals surface area contributed by atoms with Crippen LogP contribution >= 0.6 is 0 Å². The highest BCUT2D eigenvalue weighted by atomic mass is 32.2. The highest BCUT2D eigenvalue weighted by Crippen LogP contribution is 2.21. The molecule has 28 heavy (non-hydrogen) atoms. The van der Waals surface area contributed by atoms with E-state index in [0.29, 0.717) is 13.1 Å². The van der Waals surface area contributed by atoms with Crippen LogP contribution in [-0.2, 0) is 33.5 Å². The molecule has 1 amide bonds. The predicted molar refractivity (Wildman–Crippen MR) is 110 cm³/mol. The van der Waals surface area contributed by atoms with Crippen molar-refractivity contribution in [1.29, 1.82) is 0 Å².